The Kier molecular flexibility index (Phi) is 3.98. The summed E-state index contributed by atoms with van der Waals surface area (Å²) in [4.78, 5) is 0. The minimum absolute atomic E-state index is 0.0306. The zero-order chi connectivity index (χ0) is 15.7. The van der Waals surface area contributed by atoms with Gasteiger partial charge < -0.3 is 10.3 Å². The van der Waals surface area contributed by atoms with E-state index in [2.05, 4.69) is 10.2 Å². The van der Waals surface area contributed by atoms with Crippen molar-refractivity contribution in [3.63, 3.8) is 0 Å². The van der Waals surface area contributed by atoms with Crippen LogP contribution in [0.1, 0.15) is 11.5 Å². The van der Waals surface area contributed by atoms with Crippen LogP contribution >= 0.6 is 0 Å². The minimum atomic E-state index is -3.64. The molecule has 8 heteroatoms. The molecular weight excluding hydrogens is 302 g/mol. The molecule has 118 valence electrons. The Labute approximate surface area is 129 Å². The number of aryl methyl sites for hydroxylation is 1. The van der Waals surface area contributed by atoms with E-state index >= 15 is 0 Å². The topological polar surface area (TPSA) is 94.1 Å². The Morgan fingerprint density at radius 3 is 2.59 bits per heavy atom. The molecule has 1 aliphatic rings. The predicted molar refractivity (Wildman–Crippen MR) is 81.5 cm³/mol. The summed E-state index contributed by atoms with van der Waals surface area (Å²) in [6, 6.07) is 9.91. The molecular formula is C14H19N5O2S. The molecule has 0 amide bonds. The third kappa shape index (κ3) is 2.53. The third-order valence-corrected chi connectivity index (χ3v) is 5.99. The van der Waals surface area contributed by atoms with Gasteiger partial charge in [-0.15, -0.1) is 10.2 Å². The lowest BCUT2D eigenvalue weighted by Gasteiger charge is -2.16. The van der Waals surface area contributed by atoms with Crippen molar-refractivity contribution in [3.05, 3.63) is 42.2 Å². The highest BCUT2D eigenvalue weighted by atomic mass is 32.2. The van der Waals surface area contributed by atoms with E-state index in [9.17, 15) is 8.42 Å². The molecule has 2 heterocycles. The van der Waals surface area contributed by atoms with Crippen LogP contribution in [0.2, 0.25) is 0 Å². The molecule has 1 aromatic carbocycles. The van der Waals surface area contributed by atoms with Crippen LogP contribution in [-0.4, -0.2) is 47.1 Å². The summed E-state index contributed by atoms with van der Waals surface area (Å²) in [6.07, 6.45) is 1.39. The molecule has 1 aromatic heterocycles. The quantitative estimate of drug-likeness (QED) is 0.867. The molecule has 2 atom stereocenters. The van der Waals surface area contributed by atoms with Crippen molar-refractivity contribution in [2.75, 3.05) is 19.6 Å². The Bertz CT molecular complexity index is 744. The predicted octanol–water partition coefficient (Wildman–Crippen LogP) is 0.178. The molecule has 0 aliphatic carbocycles. The maximum atomic E-state index is 12.7. The molecule has 0 spiro atoms. The van der Waals surface area contributed by atoms with E-state index in [1.165, 1.54) is 15.2 Å². The third-order valence-electron chi connectivity index (χ3n) is 4.18. The number of hydrogen-bond acceptors (Lipinski definition) is 5. The molecule has 3 rings (SSSR count). The van der Waals surface area contributed by atoms with Gasteiger partial charge in [0.15, 0.2) is 0 Å². The van der Waals surface area contributed by atoms with Crippen molar-refractivity contribution in [3.8, 4) is 0 Å². The van der Waals surface area contributed by atoms with Gasteiger partial charge in [0.25, 0.3) is 15.2 Å². The summed E-state index contributed by atoms with van der Waals surface area (Å²) in [5, 5.41) is 7.36. The van der Waals surface area contributed by atoms with Crippen molar-refractivity contribution in [2.24, 2.45) is 18.7 Å². The number of benzene rings is 1. The second kappa shape index (κ2) is 5.79. The summed E-state index contributed by atoms with van der Waals surface area (Å²) >= 11 is 0. The fraction of sp³-hybridized carbons (Fsp3) is 0.429. The van der Waals surface area contributed by atoms with Crippen molar-refractivity contribution >= 4 is 10.0 Å². The Hall–Kier alpha value is -1.77. The summed E-state index contributed by atoms with van der Waals surface area (Å²) in [5.74, 6) is 0.208. The van der Waals surface area contributed by atoms with Crippen LogP contribution in [-0.2, 0) is 17.1 Å². The van der Waals surface area contributed by atoms with E-state index in [1.54, 1.807) is 7.05 Å². The zero-order valence-corrected chi connectivity index (χ0v) is 13.1. The monoisotopic (exact) mass is 321 g/mol. The fourth-order valence-corrected chi connectivity index (χ4v) is 4.50. The highest BCUT2D eigenvalue weighted by Gasteiger charge is 2.40. The SMILES string of the molecule is Cn1cnnc1S(=O)(=O)N1C[C@@H](CN)[C@H](c2ccccc2)C1. The molecule has 1 saturated heterocycles. The number of nitrogens with zero attached hydrogens (tertiary/aromatic N) is 4. The van der Waals surface area contributed by atoms with Gasteiger partial charge in [-0.1, -0.05) is 30.3 Å². The second-order valence-electron chi connectivity index (χ2n) is 5.56. The van der Waals surface area contributed by atoms with E-state index in [-0.39, 0.29) is 17.0 Å². The molecule has 0 unspecified atom stereocenters. The van der Waals surface area contributed by atoms with Gasteiger partial charge in [0.2, 0.25) is 0 Å². The first-order valence-corrected chi connectivity index (χ1v) is 8.57. The van der Waals surface area contributed by atoms with Crippen LogP contribution < -0.4 is 5.73 Å². The van der Waals surface area contributed by atoms with Crippen molar-refractivity contribution in [2.45, 2.75) is 11.1 Å². The molecule has 7 nitrogen and oxygen atoms in total. The smallest absolute Gasteiger partial charge is 0.278 e. The van der Waals surface area contributed by atoms with Crippen molar-refractivity contribution in [1.82, 2.24) is 19.1 Å². The Morgan fingerprint density at radius 2 is 2.00 bits per heavy atom. The molecule has 0 saturated carbocycles. The van der Waals surface area contributed by atoms with E-state index in [1.807, 2.05) is 30.3 Å². The number of hydrogen-bond donors (Lipinski definition) is 1. The molecule has 1 fully saturated rings. The highest BCUT2D eigenvalue weighted by molar-refractivity contribution is 7.89. The van der Waals surface area contributed by atoms with Crippen molar-refractivity contribution in [1.29, 1.82) is 0 Å². The first-order chi connectivity index (χ1) is 10.5. The van der Waals surface area contributed by atoms with Crippen LogP contribution in [0, 0.1) is 5.92 Å². The van der Waals surface area contributed by atoms with E-state index in [0.717, 1.165) is 5.56 Å². The van der Waals surface area contributed by atoms with E-state index < -0.39 is 10.0 Å². The first kappa shape index (κ1) is 15.1. The molecule has 2 aromatic rings. The lowest BCUT2D eigenvalue weighted by Crippen LogP contribution is -2.31. The lowest BCUT2D eigenvalue weighted by molar-refractivity contribution is 0.449. The number of sulfonamides is 1. The Balaban J connectivity index is 1.90. The van der Waals surface area contributed by atoms with Crippen LogP contribution in [0.3, 0.4) is 0 Å². The molecule has 22 heavy (non-hydrogen) atoms. The molecule has 0 radical (unpaired) electrons. The summed E-state index contributed by atoms with van der Waals surface area (Å²) in [5.41, 5.74) is 6.98. The Morgan fingerprint density at radius 1 is 1.27 bits per heavy atom. The van der Waals surface area contributed by atoms with E-state index in [4.69, 9.17) is 5.73 Å². The summed E-state index contributed by atoms with van der Waals surface area (Å²) in [7, 11) is -2.02. The standard InChI is InChI=1S/C14H19N5O2S/c1-18-10-16-17-14(18)22(20,21)19-8-12(7-15)13(9-19)11-5-3-2-4-6-11/h2-6,10,12-13H,7-9,15H2,1H3/t12-,13+/m1/s1. The molecule has 1 aliphatic heterocycles. The highest BCUT2D eigenvalue weighted by Crippen LogP contribution is 2.34. The van der Waals surface area contributed by atoms with E-state index in [0.29, 0.717) is 19.6 Å². The maximum absolute atomic E-state index is 12.7. The van der Waals surface area contributed by atoms with Gasteiger partial charge >= 0.3 is 0 Å². The average molecular weight is 321 g/mol. The molecule has 2 N–H and O–H groups in total. The lowest BCUT2D eigenvalue weighted by atomic mass is 9.89. The fourth-order valence-electron chi connectivity index (χ4n) is 2.97. The van der Waals surface area contributed by atoms with Crippen LogP contribution in [0.5, 0.6) is 0 Å². The number of rotatable bonds is 4. The summed E-state index contributed by atoms with van der Waals surface area (Å²) < 4.78 is 28.3. The van der Waals surface area contributed by atoms with Gasteiger partial charge in [-0.25, -0.2) is 8.42 Å². The summed E-state index contributed by atoms with van der Waals surface area (Å²) in [6.45, 7) is 1.27. The maximum Gasteiger partial charge on any atom is 0.278 e. The van der Waals surface area contributed by atoms with Crippen molar-refractivity contribution < 1.29 is 8.42 Å². The van der Waals surface area contributed by atoms with Gasteiger partial charge in [0, 0.05) is 26.1 Å². The second-order valence-corrected chi connectivity index (χ2v) is 7.39. The van der Waals surface area contributed by atoms with Gasteiger partial charge in [0.05, 0.1) is 0 Å². The van der Waals surface area contributed by atoms with Crippen LogP contribution in [0.15, 0.2) is 41.8 Å². The van der Waals surface area contributed by atoms with Gasteiger partial charge in [-0.05, 0) is 18.0 Å². The first-order valence-electron chi connectivity index (χ1n) is 7.13. The van der Waals surface area contributed by atoms with Gasteiger partial charge in [-0.3, -0.25) is 0 Å². The van der Waals surface area contributed by atoms with Crippen LogP contribution in [0.4, 0.5) is 0 Å². The number of nitrogens with two attached hydrogens (primary N) is 1. The largest absolute Gasteiger partial charge is 0.330 e. The minimum Gasteiger partial charge on any atom is -0.330 e. The van der Waals surface area contributed by atoms with Gasteiger partial charge in [0.1, 0.15) is 6.33 Å². The normalized spacial score (nSPS) is 23.0. The zero-order valence-electron chi connectivity index (χ0n) is 12.3. The van der Waals surface area contributed by atoms with Crippen LogP contribution in [0.25, 0.3) is 0 Å². The average Bonchev–Trinajstić information content (AvgIpc) is 3.14. The number of aromatic nitrogens is 3. The van der Waals surface area contributed by atoms with Gasteiger partial charge in [-0.2, -0.15) is 4.31 Å². The molecule has 0 bridgehead atoms.